The fourth-order valence-corrected chi connectivity index (χ4v) is 4.66. The molecule has 1 atom stereocenters. The number of benzene rings is 2. The van der Waals surface area contributed by atoms with Crippen LogP contribution in [-0.2, 0) is 13.1 Å². The number of thiazole rings is 1. The maximum Gasteiger partial charge on any atom is 0.123 e. The van der Waals surface area contributed by atoms with Crippen LogP contribution in [0.2, 0.25) is 0 Å². The fraction of sp³-hybridized carbons (Fsp3) is 0.200. The summed E-state index contributed by atoms with van der Waals surface area (Å²) in [5.74, 6) is 0.883. The predicted molar refractivity (Wildman–Crippen MR) is 122 cm³/mol. The van der Waals surface area contributed by atoms with Crippen molar-refractivity contribution in [2.45, 2.75) is 19.2 Å². The van der Waals surface area contributed by atoms with E-state index >= 15 is 0 Å². The van der Waals surface area contributed by atoms with E-state index in [4.69, 9.17) is 9.72 Å². The minimum Gasteiger partial charge on any atom is -0.492 e. The van der Waals surface area contributed by atoms with Crippen LogP contribution in [-0.4, -0.2) is 33.1 Å². The van der Waals surface area contributed by atoms with Crippen molar-refractivity contribution in [1.29, 1.82) is 0 Å². The number of aromatic nitrogens is 2. The van der Waals surface area contributed by atoms with Gasteiger partial charge in [0.1, 0.15) is 23.5 Å². The summed E-state index contributed by atoms with van der Waals surface area (Å²) < 4.78 is 5.98. The van der Waals surface area contributed by atoms with Gasteiger partial charge in [-0.25, -0.2) is 4.98 Å². The maximum atomic E-state index is 10.8. The van der Waals surface area contributed by atoms with Gasteiger partial charge in [0.15, 0.2) is 0 Å². The first-order valence-corrected chi connectivity index (χ1v) is 11.2. The number of rotatable bonds is 5. The zero-order valence-corrected chi connectivity index (χ0v) is 17.8. The zero-order chi connectivity index (χ0) is 21.0. The van der Waals surface area contributed by atoms with Crippen LogP contribution in [0, 0.1) is 0 Å². The first-order valence-electron chi connectivity index (χ1n) is 10.3. The molecular formula is C25H23N3O2S. The van der Waals surface area contributed by atoms with Gasteiger partial charge in [-0.3, -0.25) is 9.88 Å². The van der Waals surface area contributed by atoms with E-state index in [1.165, 1.54) is 0 Å². The van der Waals surface area contributed by atoms with Crippen molar-refractivity contribution in [2.75, 3.05) is 13.2 Å². The van der Waals surface area contributed by atoms with Gasteiger partial charge >= 0.3 is 0 Å². The molecule has 1 aliphatic heterocycles. The number of aliphatic hydroxyl groups is 1. The van der Waals surface area contributed by atoms with Crippen molar-refractivity contribution in [1.82, 2.24) is 14.9 Å². The molecular weight excluding hydrogens is 406 g/mol. The van der Waals surface area contributed by atoms with Gasteiger partial charge in [-0.15, -0.1) is 11.3 Å². The molecule has 2 aromatic heterocycles. The fourth-order valence-electron chi connectivity index (χ4n) is 3.82. The summed E-state index contributed by atoms with van der Waals surface area (Å²) >= 11 is 1.69. The van der Waals surface area contributed by atoms with Crippen molar-refractivity contribution in [2.24, 2.45) is 0 Å². The second-order valence-electron chi connectivity index (χ2n) is 7.61. The number of hydrogen-bond acceptors (Lipinski definition) is 6. The number of hydrogen-bond donors (Lipinski definition) is 1. The van der Waals surface area contributed by atoms with Crippen molar-refractivity contribution < 1.29 is 9.84 Å². The van der Waals surface area contributed by atoms with Crippen LogP contribution in [0.15, 0.2) is 78.4 Å². The molecule has 0 radical (unpaired) electrons. The molecule has 0 saturated heterocycles. The molecule has 0 amide bonds. The van der Waals surface area contributed by atoms with Crippen LogP contribution < -0.4 is 4.74 Å². The molecule has 5 nitrogen and oxygen atoms in total. The van der Waals surface area contributed by atoms with Gasteiger partial charge in [0.05, 0.1) is 12.2 Å². The van der Waals surface area contributed by atoms with Crippen LogP contribution in [0.4, 0.5) is 0 Å². The lowest BCUT2D eigenvalue weighted by molar-refractivity contribution is 0.218. The Morgan fingerprint density at radius 2 is 1.97 bits per heavy atom. The predicted octanol–water partition coefficient (Wildman–Crippen LogP) is 4.68. The molecule has 0 aliphatic carbocycles. The largest absolute Gasteiger partial charge is 0.492 e. The molecule has 31 heavy (non-hydrogen) atoms. The Bertz CT molecular complexity index is 1150. The van der Waals surface area contributed by atoms with E-state index in [-0.39, 0.29) is 0 Å². The second kappa shape index (κ2) is 8.98. The molecule has 0 fully saturated rings. The normalized spacial score (nSPS) is 15.0. The third-order valence-corrected chi connectivity index (χ3v) is 6.27. The van der Waals surface area contributed by atoms with E-state index in [1.807, 2.05) is 48.5 Å². The number of aliphatic hydroxyl groups excluding tert-OH is 1. The van der Waals surface area contributed by atoms with Gasteiger partial charge < -0.3 is 9.84 Å². The first-order chi connectivity index (χ1) is 15.3. The zero-order valence-electron chi connectivity index (χ0n) is 17.0. The van der Waals surface area contributed by atoms with Crippen molar-refractivity contribution in [3.63, 3.8) is 0 Å². The first kappa shape index (κ1) is 19.9. The van der Waals surface area contributed by atoms with Gasteiger partial charge in [-0.1, -0.05) is 42.5 Å². The Hall–Kier alpha value is -3.06. The highest BCUT2D eigenvalue weighted by Crippen LogP contribution is 2.30. The van der Waals surface area contributed by atoms with Gasteiger partial charge in [-0.05, 0) is 23.8 Å². The lowest BCUT2D eigenvalue weighted by atomic mass is 10.0. The van der Waals surface area contributed by atoms with E-state index in [0.29, 0.717) is 6.61 Å². The van der Waals surface area contributed by atoms with E-state index in [0.717, 1.165) is 58.3 Å². The van der Waals surface area contributed by atoms with Crippen LogP contribution in [0.25, 0.3) is 11.3 Å². The summed E-state index contributed by atoms with van der Waals surface area (Å²) in [6.45, 7) is 2.99. The third-order valence-electron chi connectivity index (χ3n) is 5.44. The lowest BCUT2D eigenvalue weighted by Gasteiger charge is -2.18. The number of nitrogens with zero attached hydrogens (tertiary/aromatic N) is 3. The summed E-state index contributed by atoms with van der Waals surface area (Å²) in [5, 5.41) is 14.0. The molecule has 3 heterocycles. The van der Waals surface area contributed by atoms with E-state index in [2.05, 4.69) is 27.4 Å². The Labute approximate surface area is 185 Å². The van der Waals surface area contributed by atoms with Gasteiger partial charge in [0.25, 0.3) is 0 Å². The van der Waals surface area contributed by atoms with Crippen molar-refractivity contribution >= 4 is 11.3 Å². The van der Waals surface area contributed by atoms with Gasteiger partial charge in [0.2, 0.25) is 0 Å². The molecule has 0 saturated carbocycles. The second-order valence-corrected chi connectivity index (χ2v) is 8.55. The highest BCUT2D eigenvalue weighted by molar-refractivity contribution is 7.09. The van der Waals surface area contributed by atoms with Crippen LogP contribution in [0.1, 0.15) is 27.8 Å². The summed E-state index contributed by atoms with van der Waals surface area (Å²) in [5.41, 5.74) is 4.87. The quantitative estimate of drug-likeness (QED) is 0.499. The average molecular weight is 430 g/mol. The van der Waals surface area contributed by atoms with E-state index in [1.54, 1.807) is 23.7 Å². The molecule has 156 valence electrons. The Morgan fingerprint density at radius 1 is 1.06 bits per heavy atom. The number of ether oxygens (including phenoxy) is 1. The molecule has 5 rings (SSSR count). The molecule has 4 aromatic rings. The Morgan fingerprint density at radius 3 is 2.81 bits per heavy atom. The molecule has 2 aromatic carbocycles. The van der Waals surface area contributed by atoms with Gasteiger partial charge in [0, 0.05) is 47.6 Å². The molecule has 1 unspecified atom stereocenters. The molecule has 0 bridgehead atoms. The highest BCUT2D eigenvalue weighted by Gasteiger charge is 2.19. The van der Waals surface area contributed by atoms with Crippen LogP contribution in [0.5, 0.6) is 5.75 Å². The third kappa shape index (κ3) is 4.51. The summed E-state index contributed by atoms with van der Waals surface area (Å²) in [6, 6.07) is 19.9. The maximum absolute atomic E-state index is 10.8. The highest BCUT2D eigenvalue weighted by atomic mass is 32.1. The SMILES string of the molecule is OC(c1cccnc1)c1ccc2c(c1)CN(Cc1nc(-c3ccccc3)cs1)CCO2. The molecule has 0 spiro atoms. The van der Waals surface area contributed by atoms with E-state index in [9.17, 15) is 5.11 Å². The Balaban J connectivity index is 1.33. The lowest BCUT2D eigenvalue weighted by Crippen LogP contribution is -2.25. The molecule has 6 heteroatoms. The van der Waals surface area contributed by atoms with Gasteiger partial charge in [-0.2, -0.15) is 0 Å². The van der Waals surface area contributed by atoms with Crippen molar-refractivity contribution in [3.05, 3.63) is 100 Å². The summed E-state index contributed by atoms with van der Waals surface area (Å²) in [6.07, 6.45) is 2.70. The number of pyridine rings is 1. The smallest absolute Gasteiger partial charge is 0.123 e. The standard InChI is InChI=1S/C25H23N3O2S/c29-25(20-7-4-10-26-14-20)19-8-9-23-21(13-19)15-28(11-12-30-23)16-24-27-22(17-31-24)18-5-2-1-3-6-18/h1-10,13-14,17,25,29H,11-12,15-16H2. The summed E-state index contributed by atoms with van der Waals surface area (Å²) in [7, 11) is 0. The minimum absolute atomic E-state index is 0.633. The van der Waals surface area contributed by atoms with Crippen LogP contribution >= 0.6 is 11.3 Å². The Kier molecular flexibility index (Phi) is 5.76. The monoisotopic (exact) mass is 429 g/mol. The van der Waals surface area contributed by atoms with Crippen molar-refractivity contribution in [3.8, 4) is 17.0 Å². The summed E-state index contributed by atoms with van der Waals surface area (Å²) in [4.78, 5) is 11.3. The topological polar surface area (TPSA) is 58.5 Å². The average Bonchev–Trinajstić information content (AvgIpc) is 3.19. The van der Waals surface area contributed by atoms with Crippen LogP contribution in [0.3, 0.4) is 0 Å². The molecule has 1 N–H and O–H groups in total. The minimum atomic E-state index is -0.705. The molecule has 1 aliphatic rings. The number of fused-ring (bicyclic) bond motifs is 1. The van der Waals surface area contributed by atoms with E-state index < -0.39 is 6.10 Å².